The Morgan fingerprint density at radius 2 is 2.05 bits per heavy atom. The molecule has 196 valence electrons. The number of fused-ring (bicyclic) bond motifs is 1. The molecule has 2 unspecified atom stereocenters. The van der Waals surface area contributed by atoms with Gasteiger partial charge in [-0.3, -0.25) is 19.1 Å². The fraction of sp³-hybridized carbons (Fsp3) is 0.407. The summed E-state index contributed by atoms with van der Waals surface area (Å²) in [7, 11) is 2.92. The number of amides is 1. The van der Waals surface area contributed by atoms with Crippen LogP contribution in [-0.4, -0.2) is 67.7 Å². The summed E-state index contributed by atoms with van der Waals surface area (Å²) in [5.74, 6) is -0.635. The lowest BCUT2D eigenvalue weighted by atomic mass is 10.1. The number of hydrogen-bond donors (Lipinski definition) is 1. The van der Waals surface area contributed by atoms with Crippen molar-refractivity contribution in [2.45, 2.75) is 38.9 Å². The van der Waals surface area contributed by atoms with Crippen LogP contribution in [-0.2, 0) is 16.1 Å². The van der Waals surface area contributed by atoms with E-state index in [-0.39, 0.29) is 41.7 Å². The van der Waals surface area contributed by atoms with Gasteiger partial charge in [0, 0.05) is 49.6 Å². The number of hydrogen-bond acceptors (Lipinski definition) is 7. The molecule has 2 aromatic carbocycles. The monoisotopic (exact) mass is 509 g/mol. The van der Waals surface area contributed by atoms with Gasteiger partial charge >= 0.3 is 0 Å². The van der Waals surface area contributed by atoms with Crippen LogP contribution >= 0.6 is 0 Å². The van der Waals surface area contributed by atoms with Crippen molar-refractivity contribution >= 4 is 28.7 Å². The standard InChI is InChI=1S/C27H32FN5O4/c1-17(16-36-3)30-25(34)15-33-26(19-5-7-22(28)24(13-19)37-4)31-23-8-6-20(14-21(23)27(33)35)32-12-11-29-10-9-18(32)2/h5-8,10,13-14,17-18H,9,11-12,15-16H2,1-4H3,(H,30,34). The van der Waals surface area contributed by atoms with Gasteiger partial charge in [-0.15, -0.1) is 0 Å². The smallest absolute Gasteiger partial charge is 0.262 e. The van der Waals surface area contributed by atoms with Crippen LogP contribution in [0.1, 0.15) is 20.3 Å². The van der Waals surface area contributed by atoms with Crippen molar-refractivity contribution in [1.82, 2.24) is 14.9 Å². The fourth-order valence-corrected chi connectivity index (χ4v) is 4.52. The van der Waals surface area contributed by atoms with Crippen LogP contribution in [0.4, 0.5) is 10.1 Å². The highest BCUT2D eigenvalue weighted by molar-refractivity contribution is 5.85. The third-order valence-electron chi connectivity index (χ3n) is 6.38. The molecule has 2 atom stereocenters. The second kappa shape index (κ2) is 11.5. The van der Waals surface area contributed by atoms with E-state index in [1.807, 2.05) is 25.3 Å². The zero-order chi connectivity index (χ0) is 26.5. The predicted octanol–water partition coefficient (Wildman–Crippen LogP) is 3.03. The number of nitrogens with zero attached hydrogens (tertiary/aromatic N) is 4. The summed E-state index contributed by atoms with van der Waals surface area (Å²) in [5.41, 5.74) is 1.47. The second-order valence-corrected chi connectivity index (χ2v) is 9.17. The van der Waals surface area contributed by atoms with Gasteiger partial charge in [0.2, 0.25) is 5.91 Å². The number of aliphatic imine (C=N–C) groups is 1. The van der Waals surface area contributed by atoms with E-state index in [9.17, 15) is 14.0 Å². The average Bonchev–Trinajstić information content (AvgIpc) is 3.10. The molecule has 1 aliphatic heterocycles. The Kier molecular flexibility index (Phi) is 8.17. The van der Waals surface area contributed by atoms with Crippen molar-refractivity contribution in [2.75, 3.05) is 38.8 Å². The molecule has 4 rings (SSSR count). The van der Waals surface area contributed by atoms with Gasteiger partial charge in [0.25, 0.3) is 5.56 Å². The Morgan fingerprint density at radius 1 is 1.24 bits per heavy atom. The Morgan fingerprint density at radius 3 is 2.81 bits per heavy atom. The summed E-state index contributed by atoms with van der Waals surface area (Å²) >= 11 is 0. The molecule has 1 N–H and O–H groups in total. The molecular weight excluding hydrogens is 477 g/mol. The van der Waals surface area contributed by atoms with Crippen LogP contribution < -0.4 is 20.5 Å². The molecule has 0 saturated carbocycles. The lowest BCUT2D eigenvalue weighted by Gasteiger charge is -2.29. The normalized spacial score (nSPS) is 16.5. The molecule has 0 fully saturated rings. The number of rotatable bonds is 8. The summed E-state index contributed by atoms with van der Waals surface area (Å²) in [6, 6.07) is 9.78. The minimum absolute atomic E-state index is 0.0179. The summed E-state index contributed by atoms with van der Waals surface area (Å²) in [6.45, 7) is 5.42. The molecule has 2 heterocycles. The molecule has 0 spiro atoms. The maximum atomic E-state index is 14.1. The zero-order valence-corrected chi connectivity index (χ0v) is 21.5. The molecule has 10 heteroatoms. The number of carbonyl (C=O) groups is 1. The molecular formula is C27H32FN5O4. The lowest BCUT2D eigenvalue weighted by molar-refractivity contribution is -0.122. The van der Waals surface area contributed by atoms with E-state index in [4.69, 9.17) is 14.5 Å². The van der Waals surface area contributed by atoms with Gasteiger partial charge in [-0.2, -0.15) is 0 Å². The van der Waals surface area contributed by atoms with E-state index < -0.39 is 5.82 Å². The number of halogens is 1. The second-order valence-electron chi connectivity index (χ2n) is 9.17. The minimum atomic E-state index is -0.535. The minimum Gasteiger partial charge on any atom is -0.494 e. The Hall–Kier alpha value is -3.79. The van der Waals surface area contributed by atoms with Crippen LogP contribution in [0.25, 0.3) is 22.3 Å². The first kappa shape index (κ1) is 26.3. The summed E-state index contributed by atoms with van der Waals surface area (Å²) in [6.07, 6.45) is 2.75. The fourth-order valence-electron chi connectivity index (χ4n) is 4.52. The molecule has 0 radical (unpaired) electrons. The first-order valence-electron chi connectivity index (χ1n) is 12.2. The SMILES string of the molecule is COCC(C)NC(=O)Cn1c(-c2ccc(F)c(OC)c2)nc2ccc(N3CCN=CCC3C)cc2c1=O. The highest BCUT2D eigenvalue weighted by Gasteiger charge is 2.21. The molecule has 0 saturated heterocycles. The predicted molar refractivity (Wildman–Crippen MR) is 142 cm³/mol. The zero-order valence-electron chi connectivity index (χ0n) is 21.5. The van der Waals surface area contributed by atoms with E-state index in [2.05, 4.69) is 22.1 Å². The number of nitrogens with one attached hydrogen (secondary N) is 1. The van der Waals surface area contributed by atoms with Crippen LogP contribution in [0, 0.1) is 5.82 Å². The maximum absolute atomic E-state index is 14.1. The number of methoxy groups -OCH3 is 2. The molecule has 3 aromatic rings. The van der Waals surface area contributed by atoms with Crippen molar-refractivity contribution in [2.24, 2.45) is 4.99 Å². The summed E-state index contributed by atoms with van der Waals surface area (Å²) in [4.78, 5) is 38.1. The molecule has 1 amide bonds. The van der Waals surface area contributed by atoms with Crippen LogP contribution in [0.15, 0.2) is 46.2 Å². The molecule has 0 aliphatic carbocycles. The third kappa shape index (κ3) is 5.80. The van der Waals surface area contributed by atoms with Gasteiger partial charge in [0.15, 0.2) is 11.6 Å². The first-order chi connectivity index (χ1) is 17.8. The molecule has 37 heavy (non-hydrogen) atoms. The first-order valence-corrected chi connectivity index (χ1v) is 12.2. The van der Waals surface area contributed by atoms with Crippen molar-refractivity contribution in [3.63, 3.8) is 0 Å². The van der Waals surface area contributed by atoms with Crippen molar-refractivity contribution in [3.8, 4) is 17.1 Å². The van der Waals surface area contributed by atoms with Gasteiger partial charge in [0.1, 0.15) is 12.4 Å². The molecule has 0 bridgehead atoms. The average molecular weight is 510 g/mol. The Labute approximate surface area is 214 Å². The highest BCUT2D eigenvalue weighted by Crippen LogP contribution is 2.28. The number of anilines is 1. The number of aromatic nitrogens is 2. The van der Waals surface area contributed by atoms with E-state index in [0.717, 1.165) is 18.7 Å². The number of carbonyl (C=O) groups excluding carboxylic acids is 1. The quantitative estimate of drug-likeness (QED) is 0.501. The van der Waals surface area contributed by atoms with Crippen LogP contribution in [0.3, 0.4) is 0 Å². The van der Waals surface area contributed by atoms with Crippen molar-refractivity contribution < 1.29 is 18.7 Å². The largest absolute Gasteiger partial charge is 0.494 e. The van der Waals surface area contributed by atoms with E-state index in [1.54, 1.807) is 13.2 Å². The summed E-state index contributed by atoms with van der Waals surface area (Å²) < 4.78 is 25.7. The molecule has 1 aromatic heterocycles. The maximum Gasteiger partial charge on any atom is 0.262 e. The van der Waals surface area contributed by atoms with Crippen molar-refractivity contribution in [1.29, 1.82) is 0 Å². The van der Waals surface area contributed by atoms with E-state index in [1.165, 1.54) is 29.9 Å². The van der Waals surface area contributed by atoms with Crippen LogP contribution in [0.5, 0.6) is 5.75 Å². The number of benzene rings is 2. The van der Waals surface area contributed by atoms with Gasteiger partial charge in [-0.25, -0.2) is 9.37 Å². The number of ether oxygens (including phenoxy) is 2. The Balaban J connectivity index is 1.83. The van der Waals surface area contributed by atoms with Crippen LogP contribution in [0.2, 0.25) is 0 Å². The summed E-state index contributed by atoms with van der Waals surface area (Å²) in [5, 5.41) is 3.23. The van der Waals surface area contributed by atoms with Crippen molar-refractivity contribution in [3.05, 3.63) is 52.6 Å². The van der Waals surface area contributed by atoms with Gasteiger partial charge in [-0.05, 0) is 50.2 Å². The highest BCUT2D eigenvalue weighted by atomic mass is 19.1. The Bertz CT molecular complexity index is 1370. The van der Waals surface area contributed by atoms with Gasteiger partial charge in [0.05, 0.1) is 31.2 Å². The van der Waals surface area contributed by atoms with E-state index >= 15 is 0 Å². The molecule has 1 aliphatic rings. The lowest BCUT2D eigenvalue weighted by Crippen LogP contribution is -2.40. The molecule has 9 nitrogen and oxygen atoms in total. The topological polar surface area (TPSA) is 98.0 Å². The van der Waals surface area contributed by atoms with Gasteiger partial charge < -0.3 is 19.7 Å². The third-order valence-corrected chi connectivity index (χ3v) is 6.38. The van der Waals surface area contributed by atoms with Gasteiger partial charge in [-0.1, -0.05) is 0 Å². The van der Waals surface area contributed by atoms with E-state index in [0.29, 0.717) is 29.6 Å².